The Morgan fingerprint density at radius 2 is 1.78 bits per heavy atom. The molecule has 5 heteroatoms. The van der Waals surface area contributed by atoms with Crippen LogP contribution in [0.1, 0.15) is 35.6 Å². The first kappa shape index (κ1) is 16.2. The SMILES string of the molecule is Cc1ccc(S(=O)(=O)N[C@@H]2c3ccccc3CCC[C@H]2O)cc1. The van der Waals surface area contributed by atoms with Crippen molar-refractivity contribution in [3.05, 3.63) is 65.2 Å². The van der Waals surface area contributed by atoms with Gasteiger partial charge in [0.15, 0.2) is 0 Å². The van der Waals surface area contributed by atoms with Gasteiger partial charge in [-0.1, -0.05) is 42.0 Å². The van der Waals surface area contributed by atoms with Gasteiger partial charge in [-0.15, -0.1) is 0 Å². The van der Waals surface area contributed by atoms with Crippen molar-refractivity contribution < 1.29 is 13.5 Å². The molecule has 2 aromatic carbocycles. The summed E-state index contributed by atoms with van der Waals surface area (Å²) in [6.07, 6.45) is 1.56. The third kappa shape index (κ3) is 3.47. The molecule has 0 spiro atoms. The predicted octanol–water partition coefficient (Wildman–Crippen LogP) is 2.71. The van der Waals surface area contributed by atoms with E-state index in [0.29, 0.717) is 6.42 Å². The topological polar surface area (TPSA) is 66.4 Å². The van der Waals surface area contributed by atoms with Gasteiger partial charge in [0.05, 0.1) is 17.0 Å². The molecule has 0 fully saturated rings. The monoisotopic (exact) mass is 331 g/mol. The van der Waals surface area contributed by atoms with E-state index in [-0.39, 0.29) is 4.90 Å². The molecular weight excluding hydrogens is 310 g/mol. The van der Waals surface area contributed by atoms with E-state index in [1.54, 1.807) is 24.3 Å². The Morgan fingerprint density at radius 3 is 2.52 bits per heavy atom. The Kier molecular flexibility index (Phi) is 4.53. The second kappa shape index (κ2) is 6.43. The first-order chi connectivity index (χ1) is 11.0. The zero-order valence-electron chi connectivity index (χ0n) is 13.1. The summed E-state index contributed by atoms with van der Waals surface area (Å²) in [5.41, 5.74) is 2.97. The molecule has 0 aromatic heterocycles. The van der Waals surface area contributed by atoms with Crippen LogP contribution in [0.3, 0.4) is 0 Å². The first-order valence-corrected chi connectivity index (χ1v) is 9.30. The van der Waals surface area contributed by atoms with Gasteiger partial charge >= 0.3 is 0 Å². The van der Waals surface area contributed by atoms with Crippen LogP contribution in [-0.2, 0) is 16.4 Å². The number of sulfonamides is 1. The molecule has 1 aliphatic rings. The maximum atomic E-state index is 12.7. The molecule has 2 N–H and O–H groups in total. The number of nitrogens with one attached hydrogen (secondary N) is 1. The van der Waals surface area contributed by atoms with E-state index in [9.17, 15) is 13.5 Å². The van der Waals surface area contributed by atoms with Gasteiger partial charge in [0.2, 0.25) is 10.0 Å². The highest BCUT2D eigenvalue weighted by Crippen LogP contribution is 2.30. The zero-order valence-corrected chi connectivity index (χ0v) is 13.9. The molecular formula is C18H21NO3S. The third-order valence-electron chi connectivity index (χ3n) is 4.33. The van der Waals surface area contributed by atoms with Crippen LogP contribution in [0.15, 0.2) is 53.4 Å². The number of aryl methyl sites for hydroxylation is 2. The van der Waals surface area contributed by atoms with Crippen LogP contribution < -0.4 is 4.72 Å². The standard InChI is InChI=1S/C18H21NO3S/c1-13-9-11-15(12-10-13)23(21,22)19-18-16-7-3-2-5-14(16)6-4-8-17(18)20/h2-3,5,7,9-12,17-20H,4,6,8H2,1H3/t17-,18-/m1/s1. The lowest BCUT2D eigenvalue weighted by atomic mass is 9.99. The van der Waals surface area contributed by atoms with Gasteiger partial charge in [0.1, 0.15) is 0 Å². The lowest BCUT2D eigenvalue weighted by Crippen LogP contribution is -2.36. The van der Waals surface area contributed by atoms with Gasteiger partial charge in [-0.05, 0) is 49.4 Å². The van der Waals surface area contributed by atoms with Crippen molar-refractivity contribution >= 4 is 10.0 Å². The molecule has 0 unspecified atom stereocenters. The number of fused-ring (bicyclic) bond motifs is 1. The molecule has 0 saturated heterocycles. The smallest absolute Gasteiger partial charge is 0.241 e. The maximum Gasteiger partial charge on any atom is 0.241 e. The number of hydrogen-bond acceptors (Lipinski definition) is 3. The molecule has 1 aliphatic carbocycles. The fourth-order valence-electron chi connectivity index (χ4n) is 3.04. The van der Waals surface area contributed by atoms with E-state index in [1.807, 2.05) is 31.2 Å². The molecule has 2 atom stereocenters. The van der Waals surface area contributed by atoms with Crippen molar-refractivity contribution in [1.82, 2.24) is 4.72 Å². The van der Waals surface area contributed by atoms with Gasteiger partial charge in [-0.3, -0.25) is 0 Å². The largest absolute Gasteiger partial charge is 0.391 e. The summed E-state index contributed by atoms with van der Waals surface area (Å²) >= 11 is 0. The normalized spacial score (nSPS) is 21.5. The van der Waals surface area contributed by atoms with Crippen molar-refractivity contribution in [1.29, 1.82) is 0 Å². The fourth-order valence-corrected chi connectivity index (χ4v) is 4.28. The average molecular weight is 331 g/mol. The minimum absolute atomic E-state index is 0.219. The van der Waals surface area contributed by atoms with Crippen molar-refractivity contribution in [2.45, 2.75) is 43.2 Å². The van der Waals surface area contributed by atoms with Crippen LogP contribution in [0.25, 0.3) is 0 Å². The van der Waals surface area contributed by atoms with E-state index in [2.05, 4.69) is 4.72 Å². The van der Waals surface area contributed by atoms with Crippen molar-refractivity contribution in [2.24, 2.45) is 0 Å². The average Bonchev–Trinajstić information content (AvgIpc) is 2.68. The highest BCUT2D eigenvalue weighted by Gasteiger charge is 2.30. The molecule has 0 aliphatic heterocycles. The third-order valence-corrected chi connectivity index (χ3v) is 5.79. The highest BCUT2D eigenvalue weighted by molar-refractivity contribution is 7.89. The molecule has 23 heavy (non-hydrogen) atoms. The molecule has 0 heterocycles. The molecule has 2 aromatic rings. The molecule has 3 rings (SSSR count). The van der Waals surface area contributed by atoms with Crippen molar-refractivity contribution in [3.63, 3.8) is 0 Å². The molecule has 0 bridgehead atoms. The van der Waals surface area contributed by atoms with Crippen LogP contribution >= 0.6 is 0 Å². The summed E-state index contributed by atoms with van der Waals surface area (Å²) in [6.45, 7) is 1.91. The Hall–Kier alpha value is -1.69. The van der Waals surface area contributed by atoms with Crippen LogP contribution in [0.2, 0.25) is 0 Å². The van der Waals surface area contributed by atoms with Crippen LogP contribution in [-0.4, -0.2) is 19.6 Å². The summed E-state index contributed by atoms with van der Waals surface area (Å²) < 4.78 is 28.0. The minimum Gasteiger partial charge on any atom is -0.391 e. The van der Waals surface area contributed by atoms with Gasteiger partial charge in [-0.2, -0.15) is 0 Å². The van der Waals surface area contributed by atoms with Gasteiger partial charge in [0, 0.05) is 0 Å². The van der Waals surface area contributed by atoms with E-state index in [0.717, 1.165) is 29.5 Å². The summed E-state index contributed by atoms with van der Waals surface area (Å²) in [7, 11) is -3.68. The van der Waals surface area contributed by atoms with E-state index in [1.165, 1.54) is 0 Å². The second-order valence-electron chi connectivity index (χ2n) is 6.07. The molecule has 0 amide bonds. The molecule has 0 saturated carbocycles. The van der Waals surface area contributed by atoms with Gasteiger partial charge in [-0.25, -0.2) is 13.1 Å². The highest BCUT2D eigenvalue weighted by atomic mass is 32.2. The summed E-state index contributed by atoms with van der Waals surface area (Å²) in [4.78, 5) is 0.219. The maximum absolute atomic E-state index is 12.7. The van der Waals surface area contributed by atoms with E-state index >= 15 is 0 Å². The minimum atomic E-state index is -3.68. The number of aliphatic hydroxyl groups excluding tert-OH is 1. The van der Waals surface area contributed by atoms with Crippen LogP contribution in [0, 0.1) is 6.92 Å². The number of aliphatic hydroxyl groups is 1. The van der Waals surface area contributed by atoms with Crippen molar-refractivity contribution in [3.8, 4) is 0 Å². The van der Waals surface area contributed by atoms with Crippen molar-refractivity contribution in [2.75, 3.05) is 0 Å². The van der Waals surface area contributed by atoms with Crippen LogP contribution in [0.5, 0.6) is 0 Å². The lowest BCUT2D eigenvalue weighted by Gasteiger charge is -2.24. The number of hydrogen-bond donors (Lipinski definition) is 2. The summed E-state index contributed by atoms with van der Waals surface area (Å²) in [5.74, 6) is 0. The van der Waals surface area contributed by atoms with Gasteiger partial charge in [0.25, 0.3) is 0 Å². The second-order valence-corrected chi connectivity index (χ2v) is 7.78. The van der Waals surface area contributed by atoms with Crippen LogP contribution in [0.4, 0.5) is 0 Å². The number of rotatable bonds is 3. The summed E-state index contributed by atoms with van der Waals surface area (Å²) in [6, 6.07) is 13.8. The first-order valence-electron chi connectivity index (χ1n) is 7.82. The summed E-state index contributed by atoms with van der Waals surface area (Å²) in [5, 5.41) is 10.4. The zero-order chi connectivity index (χ0) is 16.4. The van der Waals surface area contributed by atoms with E-state index < -0.39 is 22.2 Å². The quantitative estimate of drug-likeness (QED) is 0.850. The molecule has 122 valence electrons. The van der Waals surface area contributed by atoms with E-state index in [4.69, 9.17) is 0 Å². The lowest BCUT2D eigenvalue weighted by molar-refractivity contribution is 0.129. The fraction of sp³-hybridized carbons (Fsp3) is 0.333. The predicted molar refractivity (Wildman–Crippen MR) is 89.6 cm³/mol. The Morgan fingerprint density at radius 1 is 1.09 bits per heavy atom. The Labute approximate surface area is 137 Å². The van der Waals surface area contributed by atoms with Gasteiger partial charge < -0.3 is 5.11 Å². The molecule has 0 radical (unpaired) electrons. The molecule has 4 nitrogen and oxygen atoms in total. The Balaban J connectivity index is 1.95. The number of benzene rings is 2. The Bertz CT molecular complexity index is 784.